The Morgan fingerprint density at radius 1 is 0.926 bits per heavy atom. The Bertz CT molecular complexity index is 914. The van der Waals surface area contributed by atoms with Crippen molar-refractivity contribution in [3.05, 3.63) is 95.1 Å². The summed E-state index contributed by atoms with van der Waals surface area (Å²) in [5.74, 6) is -0.0465. The van der Waals surface area contributed by atoms with Gasteiger partial charge in [-0.1, -0.05) is 66.2 Å². The van der Waals surface area contributed by atoms with Crippen LogP contribution in [-0.2, 0) is 13.1 Å². The maximum atomic E-state index is 12.4. The highest BCUT2D eigenvalue weighted by Crippen LogP contribution is 2.24. The number of nitrogens with zero attached hydrogens (tertiary/aromatic N) is 1. The maximum absolute atomic E-state index is 12.4. The van der Waals surface area contributed by atoms with Crippen molar-refractivity contribution in [3.63, 3.8) is 0 Å². The van der Waals surface area contributed by atoms with Gasteiger partial charge in [0.1, 0.15) is 0 Å². The van der Waals surface area contributed by atoms with Crippen LogP contribution in [0.1, 0.15) is 27.0 Å². The smallest absolute Gasteiger partial charge is 0.251 e. The van der Waals surface area contributed by atoms with Crippen LogP contribution >= 0.6 is 0 Å². The summed E-state index contributed by atoms with van der Waals surface area (Å²) in [6.07, 6.45) is 0. The Hall–Kier alpha value is -2.91. The molecule has 0 atom stereocenters. The van der Waals surface area contributed by atoms with Gasteiger partial charge in [0.15, 0.2) is 0 Å². The van der Waals surface area contributed by atoms with E-state index in [2.05, 4.69) is 60.7 Å². The van der Waals surface area contributed by atoms with E-state index in [-0.39, 0.29) is 5.91 Å². The van der Waals surface area contributed by atoms with Crippen LogP contribution in [0.3, 0.4) is 0 Å². The standard InChI is InChI=1S/C24H26N2O/c1-18-7-6-9-21(15-18)24(27)25-16-22-8-4-5-10-23(22)20-13-11-19(12-14-20)17-26(2)3/h4-15H,16-17H2,1-3H3,(H,25,27). The number of aryl methyl sites for hydroxylation is 1. The maximum Gasteiger partial charge on any atom is 0.251 e. The average molecular weight is 358 g/mol. The number of amides is 1. The van der Waals surface area contributed by atoms with Gasteiger partial charge >= 0.3 is 0 Å². The number of hydrogen-bond acceptors (Lipinski definition) is 2. The first-order valence-electron chi connectivity index (χ1n) is 9.20. The van der Waals surface area contributed by atoms with E-state index >= 15 is 0 Å². The zero-order valence-corrected chi connectivity index (χ0v) is 16.2. The van der Waals surface area contributed by atoms with Crippen molar-refractivity contribution >= 4 is 5.91 Å². The van der Waals surface area contributed by atoms with Gasteiger partial charge in [-0.15, -0.1) is 0 Å². The number of nitrogens with one attached hydrogen (secondary N) is 1. The topological polar surface area (TPSA) is 32.3 Å². The van der Waals surface area contributed by atoms with E-state index in [1.165, 1.54) is 5.56 Å². The van der Waals surface area contributed by atoms with Crippen molar-refractivity contribution in [2.75, 3.05) is 14.1 Å². The van der Waals surface area contributed by atoms with E-state index in [0.29, 0.717) is 12.1 Å². The summed E-state index contributed by atoms with van der Waals surface area (Å²) in [7, 11) is 4.14. The highest BCUT2D eigenvalue weighted by Gasteiger charge is 2.09. The molecule has 3 nitrogen and oxygen atoms in total. The largest absolute Gasteiger partial charge is 0.348 e. The minimum absolute atomic E-state index is 0.0465. The van der Waals surface area contributed by atoms with Crippen molar-refractivity contribution in [1.29, 1.82) is 0 Å². The van der Waals surface area contributed by atoms with Gasteiger partial charge in [0.05, 0.1) is 0 Å². The molecule has 0 saturated heterocycles. The first-order valence-corrected chi connectivity index (χ1v) is 9.20. The molecule has 138 valence electrons. The Kier molecular flexibility index (Phi) is 6.05. The highest BCUT2D eigenvalue weighted by atomic mass is 16.1. The predicted molar refractivity (Wildman–Crippen MR) is 112 cm³/mol. The lowest BCUT2D eigenvalue weighted by Crippen LogP contribution is -2.23. The summed E-state index contributed by atoms with van der Waals surface area (Å²) in [5, 5.41) is 3.04. The summed E-state index contributed by atoms with van der Waals surface area (Å²) in [6, 6.07) is 24.5. The van der Waals surface area contributed by atoms with Gasteiger partial charge in [0, 0.05) is 18.7 Å². The number of carbonyl (C=O) groups excluding carboxylic acids is 1. The van der Waals surface area contributed by atoms with E-state index in [1.54, 1.807) is 0 Å². The van der Waals surface area contributed by atoms with Gasteiger partial charge in [0.2, 0.25) is 0 Å². The van der Waals surface area contributed by atoms with E-state index in [1.807, 2.05) is 43.3 Å². The molecule has 0 aliphatic rings. The van der Waals surface area contributed by atoms with E-state index in [0.717, 1.165) is 28.8 Å². The molecule has 0 aliphatic heterocycles. The fraction of sp³-hybridized carbons (Fsp3) is 0.208. The Morgan fingerprint density at radius 3 is 2.37 bits per heavy atom. The van der Waals surface area contributed by atoms with Crippen LogP contribution < -0.4 is 5.32 Å². The van der Waals surface area contributed by atoms with Gasteiger partial charge < -0.3 is 10.2 Å². The van der Waals surface area contributed by atoms with Gasteiger partial charge in [-0.25, -0.2) is 0 Å². The van der Waals surface area contributed by atoms with Crippen molar-refractivity contribution in [3.8, 4) is 11.1 Å². The monoisotopic (exact) mass is 358 g/mol. The fourth-order valence-corrected chi connectivity index (χ4v) is 3.17. The molecule has 0 aromatic heterocycles. The van der Waals surface area contributed by atoms with E-state index < -0.39 is 0 Å². The molecule has 1 N–H and O–H groups in total. The molecular weight excluding hydrogens is 332 g/mol. The molecule has 27 heavy (non-hydrogen) atoms. The van der Waals surface area contributed by atoms with Crippen LogP contribution in [0.5, 0.6) is 0 Å². The first kappa shape index (κ1) is 18.9. The summed E-state index contributed by atoms with van der Waals surface area (Å²) in [6.45, 7) is 3.42. The molecule has 3 heteroatoms. The fourth-order valence-electron chi connectivity index (χ4n) is 3.17. The zero-order valence-electron chi connectivity index (χ0n) is 16.2. The summed E-state index contributed by atoms with van der Waals surface area (Å²) < 4.78 is 0. The molecule has 3 rings (SSSR count). The van der Waals surface area contributed by atoms with Crippen molar-refractivity contribution in [1.82, 2.24) is 10.2 Å². The second-order valence-corrected chi connectivity index (χ2v) is 7.14. The minimum Gasteiger partial charge on any atom is -0.348 e. The highest BCUT2D eigenvalue weighted by molar-refractivity contribution is 5.94. The van der Waals surface area contributed by atoms with Gasteiger partial charge in [0.25, 0.3) is 5.91 Å². The number of hydrogen-bond donors (Lipinski definition) is 1. The average Bonchev–Trinajstić information content (AvgIpc) is 2.66. The zero-order chi connectivity index (χ0) is 19.2. The van der Waals surface area contributed by atoms with Gasteiger partial charge in [-0.05, 0) is 55.4 Å². The van der Waals surface area contributed by atoms with Crippen molar-refractivity contribution in [2.24, 2.45) is 0 Å². The van der Waals surface area contributed by atoms with Gasteiger partial charge in [-0.3, -0.25) is 4.79 Å². The van der Waals surface area contributed by atoms with Crippen LogP contribution in [0.15, 0.2) is 72.8 Å². The van der Waals surface area contributed by atoms with Crippen LogP contribution in [-0.4, -0.2) is 24.9 Å². The molecular formula is C24H26N2O. The van der Waals surface area contributed by atoms with Crippen molar-refractivity contribution in [2.45, 2.75) is 20.0 Å². The first-order chi connectivity index (χ1) is 13.0. The third-order valence-corrected chi connectivity index (χ3v) is 4.50. The van der Waals surface area contributed by atoms with E-state index in [9.17, 15) is 4.79 Å². The van der Waals surface area contributed by atoms with Crippen LogP contribution in [0.2, 0.25) is 0 Å². The van der Waals surface area contributed by atoms with Crippen molar-refractivity contribution < 1.29 is 4.79 Å². The van der Waals surface area contributed by atoms with Crippen LogP contribution in [0, 0.1) is 6.92 Å². The molecule has 0 unspecified atom stereocenters. The molecule has 0 saturated carbocycles. The van der Waals surface area contributed by atoms with Crippen LogP contribution in [0.4, 0.5) is 0 Å². The Balaban J connectivity index is 1.75. The quantitative estimate of drug-likeness (QED) is 0.695. The Morgan fingerprint density at radius 2 is 1.67 bits per heavy atom. The van der Waals surface area contributed by atoms with E-state index in [4.69, 9.17) is 0 Å². The molecule has 0 bridgehead atoms. The predicted octanol–water partition coefficient (Wildman–Crippen LogP) is 4.65. The third kappa shape index (κ3) is 5.05. The summed E-state index contributed by atoms with van der Waals surface area (Å²) >= 11 is 0. The minimum atomic E-state index is -0.0465. The lowest BCUT2D eigenvalue weighted by Gasteiger charge is -2.13. The summed E-state index contributed by atoms with van der Waals surface area (Å²) in [5.41, 5.74) is 6.49. The molecule has 0 heterocycles. The lowest BCUT2D eigenvalue weighted by molar-refractivity contribution is 0.0951. The molecule has 0 fully saturated rings. The molecule has 0 spiro atoms. The Labute approximate surface area is 161 Å². The molecule has 0 radical (unpaired) electrons. The molecule has 3 aromatic carbocycles. The molecule has 0 aliphatic carbocycles. The SMILES string of the molecule is Cc1cccc(C(=O)NCc2ccccc2-c2ccc(CN(C)C)cc2)c1. The number of carbonyl (C=O) groups is 1. The number of benzene rings is 3. The second-order valence-electron chi connectivity index (χ2n) is 7.14. The normalized spacial score (nSPS) is 10.8. The third-order valence-electron chi connectivity index (χ3n) is 4.50. The lowest BCUT2D eigenvalue weighted by atomic mass is 9.98. The van der Waals surface area contributed by atoms with Crippen LogP contribution in [0.25, 0.3) is 11.1 Å². The molecule has 1 amide bonds. The molecule has 3 aromatic rings. The second kappa shape index (κ2) is 8.65. The van der Waals surface area contributed by atoms with Gasteiger partial charge in [-0.2, -0.15) is 0 Å². The summed E-state index contributed by atoms with van der Waals surface area (Å²) in [4.78, 5) is 14.6. The number of rotatable bonds is 6.